The molecule has 1 aliphatic rings. The third-order valence-corrected chi connectivity index (χ3v) is 5.09. The first kappa shape index (κ1) is 14.6. The van der Waals surface area contributed by atoms with E-state index in [4.69, 9.17) is 4.42 Å². The van der Waals surface area contributed by atoms with Gasteiger partial charge < -0.3 is 9.52 Å². The molecule has 1 saturated carbocycles. The van der Waals surface area contributed by atoms with Crippen LogP contribution >= 0.6 is 0 Å². The van der Waals surface area contributed by atoms with Crippen molar-refractivity contribution in [1.29, 1.82) is 0 Å². The highest BCUT2D eigenvalue weighted by molar-refractivity contribution is 5.77. The summed E-state index contributed by atoms with van der Waals surface area (Å²) in [6.07, 6.45) is 3.92. The summed E-state index contributed by atoms with van der Waals surface area (Å²) in [7, 11) is 0. The van der Waals surface area contributed by atoms with Gasteiger partial charge in [-0.15, -0.1) is 0 Å². The molecule has 1 heterocycles. The largest absolute Gasteiger partial charge is 0.458 e. The molecule has 1 aromatic heterocycles. The van der Waals surface area contributed by atoms with Gasteiger partial charge in [0.1, 0.15) is 17.4 Å². The first-order valence-electron chi connectivity index (χ1n) is 8.13. The maximum atomic E-state index is 11.1. The Bertz CT molecular complexity index is 561. The summed E-state index contributed by atoms with van der Waals surface area (Å²) in [5, 5.41) is 12.1. The van der Waals surface area contributed by atoms with Gasteiger partial charge in [-0.1, -0.05) is 44.9 Å². The molecule has 21 heavy (non-hydrogen) atoms. The van der Waals surface area contributed by atoms with Crippen LogP contribution in [0.5, 0.6) is 0 Å². The smallest absolute Gasteiger partial charge is 0.135 e. The van der Waals surface area contributed by atoms with Gasteiger partial charge in [0.25, 0.3) is 0 Å². The lowest BCUT2D eigenvalue weighted by Gasteiger charge is -2.43. The zero-order valence-corrected chi connectivity index (χ0v) is 13.0. The maximum Gasteiger partial charge on any atom is 0.135 e. The molecule has 3 rings (SSSR count). The van der Waals surface area contributed by atoms with Gasteiger partial charge in [0.05, 0.1) is 5.54 Å². The SMILES string of the molecule is CCN(CC)C1(C(O)c2cc3ccccc3o2)CCCC1. The summed E-state index contributed by atoms with van der Waals surface area (Å²) in [6.45, 7) is 6.28. The van der Waals surface area contributed by atoms with E-state index in [0.717, 1.165) is 36.9 Å². The zero-order valence-electron chi connectivity index (χ0n) is 13.0. The van der Waals surface area contributed by atoms with Crippen LogP contribution in [0.3, 0.4) is 0 Å². The Morgan fingerprint density at radius 2 is 1.86 bits per heavy atom. The second kappa shape index (κ2) is 5.82. The summed E-state index contributed by atoms with van der Waals surface area (Å²) in [5.74, 6) is 0.713. The highest BCUT2D eigenvalue weighted by Gasteiger charge is 2.46. The number of para-hydroxylation sites is 1. The third kappa shape index (κ3) is 2.39. The molecule has 0 amide bonds. The predicted octanol–water partition coefficient (Wildman–Crippen LogP) is 4.12. The van der Waals surface area contributed by atoms with Crippen LogP contribution < -0.4 is 0 Å². The van der Waals surface area contributed by atoms with Gasteiger partial charge in [0.2, 0.25) is 0 Å². The van der Waals surface area contributed by atoms with Gasteiger partial charge in [-0.05, 0) is 38.1 Å². The Morgan fingerprint density at radius 1 is 1.19 bits per heavy atom. The fourth-order valence-electron chi connectivity index (χ4n) is 4.01. The van der Waals surface area contributed by atoms with Crippen LogP contribution in [0.2, 0.25) is 0 Å². The second-order valence-electron chi connectivity index (χ2n) is 6.07. The van der Waals surface area contributed by atoms with Crippen LogP contribution in [0.15, 0.2) is 34.7 Å². The molecule has 3 heteroatoms. The lowest BCUT2D eigenvalue weighted by molar-refractivity contribution is -0.0367. The molecule has 0 spiro atoms. The van der Waals surface area contributed by atoms with Crippen molar-refractivity contribution in [1.82, 2.24) is 4.90 Å². The van der Waals surface area contributed by atoms with Gasteiger partial charge in [0, 0.05) is 5.39 Å². The summed E-state index contributed by atoms with van der Waals surface area (Å²) >= 11 is 0. The van der Waals surface area contributed by atoms with E-state index in [1.54, 1.807) is 0 Å². The number of benzene rings is 1. The van der Waals surface area contributed by atoms with E-state index in [-0.39, 0.29) is 5.54 Å². The first-order chi connectivity index (χ1) is 10.2. The standard InChI is InChI=1S/C18H25NO2/c1-3-19(4-2)18(11-7-8-12-18)17(20)16-13-14-9-5-6-10-15(14)21-16/h5-6,9-10,13,17,20H,3-4,7-8,11-12H2,1-2H3. The summed E-state index contributed by atoms with van der Waals surface area (Å²) in [4.78, 5) is 2.41. The molecule has 0 aliphatic heterocycles. The molecule has 1 N–H and O–H groups in total. The van der Waals surface area contributed by atoms with E-state index >= 15 is 0 Å². The van der Waals surface area contributed by atoms with Gasteiger partial charge in [-0.3, -0.25) is 4.90 Å². The van der Waals surface area contributed by atoms with Crippen molar-refractivity contribution in [2.45, 2.75) is 51.2 Å². The van der Waals surface area contributed by atoms with Crippen LogP contribution in [0.4, 0.5) is 0 Å². The average molecular weight is 287 g/mol. The van der Waals surface area contributed by atoms with Crippen molar-refractivity contribution >= 4 is 11.0 Å². The molecular weight excluding hydrogens is 262 g/mol. The molecule has 1 atom stereocenters. The molecule has 1 aliphatic carbocycles. The maximum absolute atomic E-state index is 11.1. The highest BCUT2D eigenvalue weighted by atomic mass is 16.4. The molecule has 0 saturated heterocycles. The minimum atomic E-state index is -0.549. The zero-order chi connectivity index (χ0) is 14.9. The predicted molar refractivity (Wildman–Crippen MR) is 85.3 cm³/mol. The molecule has 0 radical (unpaired) electrons. The molecule has 0 bridgehead atoms. The monoisotopic (exact) mass is 287 g/mol. The van der Waals surface area contributed by atoms with Crippen LogP contribution in [0.25, 0.3) is 11.0 Å². The molecular formula is C18H25NO2. The van der Waals surface area contributed by atoms with Crippen LogP contribution in [0.1, 0.15) is 51.4 Å². The molecule has 1 aromatic carbocycles. The molecule has 2 aromatic rings. The number of aliphatic hydroxyl groups is 1. The minimum absolute atomic E-state index is 0.155. The number of rotatable bonds is 5. The number of fused-ring (bicyclic) bond motifs is 1. The number of furan rings is 1. The van der Waals surface area contributed by atoms with Crippen molar-refractivity contribution in [3.05, 3.63) is 36.1 Å². The summed E-state index contributed by atoms with van der Waals surface area (Å²) < 4.78 is 5.93. The second-order valence-corrected chi connectivity index (χ2v) is 6.07. The number of hydrogen-bond acceptors (Lipinski definition) is 3. The van der Waals surface area contributed by atoms with E-state index < -0.39 is 6.10 Å². The summed E-state index contributed by atoms with van der Waals surface area (Å²) in [6, 6.07) is 9.98. The van der Waals surface area contributed by atoms with Crippen LogP contribution in [0, 0.1) is 0 Å². The topological polar surface area (TPSA) is 36.6 Å². The van der Waals surface area contributed by atoms with E-state index in [1.165, 1.54) is 12.8 Å². The molecule has 1 fully saturated rings. The average Bonchev–Trinajstić information content (AvgIpc) is 3.15. The normalized spacial score (nSPS) is 19.4. The fourth-order valence-corrected chi connectivity index (χ4v) is 4.01. The molecule has 114 valence electrons. The Kier molecular flexibility index (Phi) is 4.05. The van der Waals surface area contributed by atoms with Gasteiger partial charge in [-0.2, -0.15) is 0 Å². The third-order valence-electron chi connectivity index (χ3n) is 5.09. The first-order valence-corrected chi connectivity index (χ1v) is 8.13. The lowest BCUT2D eigenvalue weighted by atomic mass is 9.86. The fraction of sp³-hybridized carbons (Fsp3) is 0.556. The van der Waals surface area contributed by atoms with Crippen molar-refractivity contribution in [3.63, 3.8) is 0 Å². The molecule has 3 nitrogen and oxygen atoms in total. The lowest BCUT2D eigenvalue weighted by Crippen LogP contribution is -2.50. The van der Waals surface area contributed by atoms with Crippen LogP contribution in [-0.4, -0.2) is 28.6 Å². The Labute approximate surface area is 126 Å². The quantitative estimate of drug-likeness (QED) is 0.898. The van der Waals surface area contributed by atoms with Crippen molar-refractivity contribution in [3.8, 4) is 0 Å². The van der Waals surface area contributed by atoms with Crippen molar-refractivity contribution in [2.24, 2.45) is 0 Å². The number of hydrogen-bond donors (Lipinski definition) is 1. The van der Waals surface area contributed by atoms with Gasteiger partial charge in [-0.25, -0.2) is 0 Å². The Hall–Kier alpha value is -1.32. The van der Waals surface area contributed by atoms with E-state index in [9.17, 15) is 5.11 Å². The van der Waals surface area contributed by atoms with Crippen molar-refractivity contribution in [2.75, 3.05) is 13.1 Å². The van der Waals surface area contributed by atoms with Crippen LogP contribution in [-0.2, 0) is 0 Å². The van der Waals surface area contributed by atoms with E-state index in [1.807, 2.05) is 30.3 Å². The van der Waals surface area contributed by atoms with Gasteiger partial charge >= 0.3 is 0 Å². The summed E-state index contributed by atoms with van der Waals surface area (Å²) in [5.41, 5.74) is 0.705. The molecule has 1 unspecified atom stereocenters. The Balaban J connectivity index is 1.98. The Morgan fingerprint density at radius 3 is 2.48 bits per heavy atom. The minimum Gasteiger partial charge on any atom is -0.458 e. The van der Waals surface area contributed by atoms with Crippen molar-refractivity contribution < 1.29 is 9.52 Å². The number of aliphatic hydroxyl groups excluding tert-OH is 1. The highest BCUT2D eigenvalue weighted by Crippen LogP contribution is 2.45. The van der Waals surface area contributed by atoms with E-state index in [2.05, 4.69) is 18.7 Å². The van der Waals surface area contributed by atoms with Gasteiger partial charge in [0.15, 0.2) is 0 Å². The van der Waals surface area contributed by atoms with E-state index in [0.29, 0.717) is 5.76 Å². The number of nitrogens with zero attached hydrogens (tertiary/aromatic N) is 1. The number of likely N-dealkylation sites (N-methyl/N-ethyl adjacent to an activating group) is 1.